The fraction of sp³-hybridized carbons (Fsp3) is 0.643. The number of nitrogens with one attached hydrogen (secondary N) is 1. The Hall–Kier alpha value is -1.34. The van der Waals surface area contributed by atoms with E-state index in [2.05, 4.69) is 15.2 Å². The van der Waals surface area contributed by atoms with E-state index in [0.717, 1.165) is 38.5 Å². The molecule has 2 heterocycles. The standard InChI is InChI=1S/C14H20F3N3O/c1-21-10-9-20-7-4-11(5-8-20)19-13-12(14(15,16)17)3-2-6-18-13/h2-3,6,11H,4-5,7-10H2,1H3,(H,18,19). The van der Waals surface area contributed by atoms with Crippen LogP contribution in [0.5, 0.6) is 0 Å². The van der Waals surface area contributed by atoms with Gasteiger partial charge in [-0.25, -0.2) is 4.98 Å². The summed E-state index contributed by atoms with van der Waals surface area (Å²) in [5.41, 5.74) is -0.702. The van der Waals surface area contributed by atoms with Crippen LogP contribution in [-0.2, 0) is 10.9 Å². The molecule has 0 aliphatic carbocycles. The van der Waals surface area contributed by atoms with Gasteiger partial charge in [0.25, 0.3) is 0 Å². The molecule has 118 valence electrons. The number of alkyl halides is 3. The third-order valence-corrected chi connectivity index (χ3v) is 3.65. The van der Waals surface area contributed by atoms with Crippen LogP contribution in [0.4, 0.5) is 19.0 Å². The number of hydrogen-bond acceptors (Lipinski definition) is 4. The van der Waals surface area contributed by atoms with Gasteiger partial charge in [0.2, 0.25) is 0 Å². The molecule has 0 bridgehead atoms. The monoisotopic (exact) mass is 303 g/mol. The Labute approximate surface area is 122 Å². The smallest absolute Gasteiger partial charge is 0.383 e. The molecule has 1 aromatic heterocycles. The van der Waals surface area contributed by atoms with Crippen LogP contribution in [0, 0.1) is 0 Å². The van der Waals surface area contributed by atoms with Gasteiger partial charge in [0.05, 0.1) is 12.2 Å². The van der Waals surface area contributed by atoms with Crippen molar-refractivity contribution in [3.05, 3.63) is 23.9 Å². The Balaban J connectivity index is 1.92. The number of aromatic nitrogens is 1. The van der Waals surface area contributed by atoms with E-state index >= 15 is 0 Å². The molecule has 0 amide bonds. The average molecular weight is 303 g/mol. The van der Waals surface area contributed by atoms with E-state index in [-0.39, 0.29) is 11.9 Å². The number of hydrogen-bond donors (Lipinski definition) is 1. The molecule has 0 aromatic carbocycles. The summed E-state index contributed by atoms with van der Waals surface area (Å²) in [5, 5.41) is 2.94. The fourth-order valence-electron chi connectivity index (χ4n) is 2.46. The Morgan fingerprint density at radius 1 is 1.38 bits per heavy atom. The molecule has 1 fully saturated rings. The zero-order valence-corrected chi connectivity index (χ0v) is 12.0. The van der Waals surface area contributed by atoms with Gasteiger partial charge >= 0.3 is 6.18 Å². The highest BCUT2D eigenvalue weighted by molar-refractivity contribution is 5.46. The second-order valence-electron chi connectivity index (χ2n) is 5.15. The predicted octanol–water partition coefficient (Wildman–Crippen LogP) is 2.62. The molecule has 0 atom stereocenters. The van der Waals surface area contributed by atoms with Crippen molar-refractivity contribution in [1.82, 2.24) is 9.88 Å². The average Bonchev–Trinajstić information content (AvgIpc) is 2.46. The molecule has 21 heavy (non-hydrogen) atoms. The van der Waals surface area contributed by atoms with Crippen LogP contribution in [0.2, 0.25) is 0 Å². The largest absolute Gasteiger partial charge is 0.419 e. The molecule has 0 saturated carbocycles. The van der Waals surface area contributed by atoms with E-state index in [0.29, 0.717) is 6.61 Å². The SMILES string of the molecule is COCCN1CCC(Nc2ncccc2C(F)(F)F)CC1. The highest BCUT2D eigenvalue weighted by Crippen LogP contribution is 2.34. The van der Waals surface area contributed by atoms with Crippen molar-refractivity contribution in [3.63, 3.8) is 0 Å². The van der Waals surface area contributed by atoms with Crippen molar-refractivity contribution >= 4 is 5.82 Å². The van der Waals surface area contributed by atoms with Gasteiger partial charge in [0.1, 0.15) is 5.82 Å². The Morgan fingerprint density at radius 3 is 2.71 bits per heavy atom. The van der Waals surface area contributed by atoms with Crippen LogP contribution >= 0.6 is 0 Å². The molecule has 4 nitrogen and oxygen atoms in total. The minimum absolute atomic E-state index is 0.0276. The van der Waals surface area contributed by atoms with Crippen molar-refractivity contribution < 1.29 is 17.9 Å². The highest BCUT2D eigenvalue weighted by atomic mass is 19.4. The summed E-state index contributed by atoms with van der Waals surface area (Å²) >= 11 is 0. The zero-order valence-electron chi connectivity index (χ0n) is 12.0. The number of anilines is 1. The topological polar surface area (TPSA) is 37.4 Å². The minimum Gasteiger partial charge on any atom is -0.383 e. The fourth-order valence-corrected chi connectivity index (χ4v) is 2.46. The molecule has 2 rings (SSSR count). The van der Waals surface area contributed by atoms with Crippen molar-refractivity contribution in [3.8, 4) is 0 Å². The molecule has 1 saturated heterocycles. The molecule has 7 heteroatoms. The molecule has 1 aliphatic heterocycles. The van der Waals surface area contributed by atoms with Crippen molar-refractivity contribution in [2.24, 2.45) is 0 Å². The van der Waals surface area contributed by atoms with Crippen LogP contribution in [0.1, 0.15) is 18.4 Å². The molecule has 1 aromatic rings. The van der Waals surface area contributed by atoms with Gasteiger partial charge in [0, 0.05) is 39.0 Å². The van der Waals surface area contributed by atoms with E-state index < -0.39 is 11.7 Å². The number of halogens is 3. The lowest BCUT2D eigenvalue weighted by molar-refractivity contribution is -0.137. The van der Waals surface area contributed by atoms with E-state index in [1.807, 2.05) is 0 Å². The van der Waals surface area contributed by atoms with Gasteiger partial charge in [-0.2, -0.15) is 13.2 Å². The summed E-state index contributed by atoms with van der Waals surface area (Å²) in [6.45, 7) is 3.25. The molecule has 0 spiro atoms. The highest BCUT2D eigenvalue weighted by Gasteiger charge is 2.34. The summed E-state index contributed by atoms with van der Waals surface area (Å²) in [6.07, 6.45) is -1.39. The summed E-state index contributed by atoms with van der Waals surface area (Å²) in [4.78, 5) is 6.10. The number of nitrogens with zero attached hydrogens (tertiary/aromatic N) is 2. The van der Waals surface area contributed by atoms with Crippen LogP contribution in [-0.4, -0.2) is 49.3 Å². The van der Waals surface area contributed by atoms with Gasteiger partial charge in [-0.15, -0.1) is 0 Å². The quantitative estimate of drug-likeness (QED) is 0.907. The lowest BCUT2D eigenvalue weighted by Crippen LogP contribution is -2.40. The Morgan fingerprint density at radius 2 is 2.10 bits per heavy atom. The number of piperidine rings is 1. The number of rotatable bonds is 5. The Bertz CT molecular complexity index is 445. The number of likely N-dealkylation sites (tertiary alicyclic amines) is 1. The molecule has 1 aliphatic rings. The van der Waals surface area contributed by atoms with Crippen molar-refractivity contribution in [2.75, 3.05) is 38.7 Å². The number of ether oxygens (including phenoxy) is 1. The van der Waals surface area contributed by atoms with Gasteiger partial charge in [-0.3, -0.25) is 0 Å². The van der Waals surface area contributed by atoms with Gasteiger partial charge < -0.3 is 15.0 Å². The summed E-state index contributed by atoms with van der Waals surface area (Å²) in [5.74, 6) is -0.0691. The lowest BCUT2D eigenvalue weighted by Gasteiger charge is -2.32. The van der Waals surface area contributed by atoms with Crippen molar-refractivity contribution in [2.45, 2.75) is 25.1 Å². The van der Waals surface area contributed by atoms with Crippen LogP contribution in [0.25, 0.3) is 0 Å². The van der Waals surface area contributed by atoms with E-state index in [1.165, 1.54) is 12.3 Å². The zero-order chi connectivity index (χ0) is 15.3. The van der Waals surface area contributed by atoms with Crippen LogP contribution in [0.15, 0.2) is 18.3 Å². The van der Waals surface area contributed by atoms with Gasteiger partial charge in [-0.05, 0) is 25.0 Å². The van der Waals surface area contributed by atoms with Crippen LogP contribution < -0.4 is 5.32 Å². The van der Waals surface area contributed by atoms with Crippen LogP contribution in [0.3, 0.4) is 0 Å². The first-order valence-corrected chi connectivity index (χ1v) is 7.00. The van der Waals surface area contributed by atoms with E-state index in [9.17, 15) is 13.2 Å². The van der Waals surface area contributed by atoms with Gasteiger partial charge in [-0.1, -0.05) is 0 Å². The maximum absolute atomic E-state index is 12.9. The maximum atomic E-state index is 12.9. The maximum Gasteiger partial charge on any atom is 0.419 e. The number of pyridine rings is 1. The summed E-state index contributed by atoms with van der Waals surface area (Å²) in [7, 11) is 1.66. The molecule has 0 unspecified atom stereocenters. The molecule has 0 radical (unpaired) electrons. The molecular weight excluding hydrogens is 283 g/mol. The molecular formula is C14H20F3N3O. The van der Waals surface area contributed by atoms with Gasteiger partial charge in [0.15, 0.2) is 0 Å². The second kappa shape index (κ2) is 7.09. The van der Waals surface area contributed by atoms with E-state index in [1.54, 1.807) is 7.11 Å². The lowest BCUT2D eigenvalue weighted by atomic mass is 10.0. The first-order valence-electron chi connectivity index (χ1n) is 7.00. The Kier molecular flexibility index (Phi) is 5.41. The third kappa shape index (κ3) is 4.57. The predicted molar refractivity (Wildman–Crippen MR) is 74.2 cm³/mol. The van der Waals surface area contributed by atoms with Crippen molar-refractivity contribution in [1.29, 1.82) is 0 Å². The number of methoxy groups -OCH3 is 1. The first-order chi connectivity index (χ1) is 10.0. The van der Waals surface area contributed by atoms with E-state index in [4.69, 9.17) is 4.74 Å². The second-order valence-corrected chi connectivity index (χ2v) is 5.15. The summed E-state index contributed by atoms with van der Waals surface area (Å²) < 4.78 is 43.7. The molecule has 1 N–H and O–H groups in total. The first kappa shape index (κ1) is 16.0. The third-order valence-electron chi connectivity index (χ3n) is 3.65. The summed E-state index contributed by atoms with van der Waals surface area (Å²) in [6, 6.07) is 2.39. The normalized spacial score (nSPS) is 17.9. The minimum atomic E-state index is -4.38.